The van der Waals surface area contributed by atoms with Gasteiger partial charge in [0.25, 0.3) is 0 Å². The lowest BCUT2D eigenvalue weighted by atomic mass is 9.95. The van der Waals surface area contributed by atoms with Crippen LogP contribution >= 0.6 is 0 Å². The van der Waals surface area contributed by atoms with Gasteiger partial charge in [0, 0.05) is 6.42 Å². The van der Waals surface area contributed by atoms with Gasteiger partial charge in [-0.2, -0.15) is 13.2 Å². The summed E-state index contributed by atoms with van der Waals surface area (Å²) in [5.41, 5.74) is -0.396. The van der Waals surface area contributed by atoms with Gasteiger partial charge >= 0.3 is 6.18 Å². The van der Waals surface area contributed by atoms with E-state index in [1.807, 2.05) is 13.8 Å². The summed E-state index contributed by atoms with van der Waals surface area (Å²) in [5.74, 6) is -0.535. The molecule has 1 aromatic carbocycles. The fraction of sp³-hybridized carbons (Fsp3) is 0.650. The number of carbonyl (C=O) groups excluding carboxylic acids is 1. The van der Waals surface area contributed by atoms with Gasteiger partial charge in [-0.15, -0.1) is 0 Å². The zero-order chi connectivity index (χ0) is 20.9. The number of benzene rings is 1. The van der Waals surface area contributed by atoms with Gasteiger partial charge in [-0.25, -0.2) is 8.42 Å². The minimum Gasteiger partial charge on any atom is -0.349 e. The van der Waals surface area contributed by atoms with E-state index in [-0.39, 0.29) is 23.3 Å². The second-order valence-corrected chi connectivity index (χ2v) is 10.3. The van der Waals surface area contributed by atoms with Gasteiger partial charge in [-0.3, -0.25) is 4.79 Å². The third kappa shape index (κ3) is 6.50. The number of hydrogen-bond donors (Lipinski definition) is 1. The van der Waals surface area contributed by atoms with E-state index in [0.29, 0.717) is 24.8 Å². The summed E-state index contributed by atoms with van der Waals surface area (Å²) in [6.45, 7) is 3.83. The number of nitrogens with one attached hydrogen (secondary N) is 1. The topological polar surface area (TPSA) is 63.2 Å². The summed E-state index contributed by atoms with van der Waals surface area (Å²) < 4.78 is 63.6. The highest BCUT2D eigenvalue weighted by atomic mass is 32.2. The predicted octanol–water partition coefficient (Wildman–Crippen LogP) is 4.66. The van der Waals surface area contributed by atoms with Crippen LogP contribution in [-0.4, -0.2) is 25.3 Å². The highest BCUT2D eigenvalue weighted by Gasteiger charge is 2.32. The molecule has 158 valence electrons. The molecule has 0 heterocycles. The van der Waals surface area contributed by atoms with E-state index in [1.54, 1.807) is 6.07 Å². The van der Waals surface area contributed by atoms with Crippen molar-refractivity contribution < 1.29 is 26.4 Å². The molecule has 1 N–H and O–H groups in total. The number of hydrogen-bond acceptors (Lipinski definition) is 3. The van der Waals surface area contributed by atoms with Crippen molar-refractivity contribution >= 4 is 15.7 Å². The first-order valence-electron chi connectivity index (χ1n) is 9.67. The molecular weight excluding hydrogens is 391 g/mol. The number of alkyl halides is 3. The van der Waals surface area contributed by atoms with E-state index in [9.17, 15) is 26.4 Å². The fourth-order valence-corrected chi connectivity index (χ4v) is 5.45. The molecule has 0 aromatic heterocycles. The average molecular weight is 420 g/mol. The van der Waals surface area contributed by atoms with E-state index >= 15 is 0 Å². The van der Waals surface area contributed by atoms with Gasteiger partial charge < -0.3 is 5.32 Å². The first-order valence-corrected chi connectivity index (χ1v) is 11.4. The second kappa shape index (κ2) is 9.29. The molecule has 0 aliphatic heterocycles. The van der Waals surface area contributed by atoms with Gasteiger partial charge in [0.15, 0.2) is 9.84 Å². The van der Waals surface area contributed by atoms with Gasteiger partial charge in [-0.1, -0.05) is 38.8 Å². The van der Waals surface area contributed by atoms with Crippen molar-refractivity contribution in [1.29, 1.82) is 0 Å². The molecule has 1 aliphatic rings. The lowest BCUT2D eigenvalue weighted by molar-refractivity contribution is -0.137. The summed E-state index contributed by atoms with van der Waals surface area (Å²) in [6.07, 6.45) is -1.11. The Balaban J connectivity index is 2.06. The van der Waals surface area contributed by atoms with E-state index in [4.69, 9.17) is 0 Å². The van der Waals surface area contributed by atoms with Crippen LogP contribution in [0.3, 0.4) is 0 Å². The van der Waals surface area contributed by atoms with Crippen LogP contribution in [0.15, 0.2) is 24.3 Å². The van der Waals surface area contributed by atoms with Crippen LogP contribution in [-0.2, 0) is 20.8 Å². The molecule has 1 fully saturated rings. The van der Waals surface area contributed by atoms with E-state index in [2.05, 4.69) is 5.32 Å². The molecule has 8 heteroatoms. The number of sulfone groups is 1. The number of halogens is 3. The zero-order valence-corrected chi connectivity index (χ0v) is 17.1. The van der Waals surface area contributed by atoms with Gasteiger partial charge in [0.1, 0.15) is 0 Å². The maximum atomic E-state index is 13.0. The van der Waals surface area contributed by atoms with Crippen molar-refractivity contribution in [3.8, 4) is 0 Å². The first kappa shape index (κ1) is 22.7. The fourth-order valence-electron chi connectivity index (χ4n) is 3.60. The normalized spacial score (nSPS) is 17.1. The van der Waals surface area contributed by atoms with Crippen LogP contribution in [0.5, 0.6) is 0 Å². The van der Waals surface area contributed by atoms with E-state index in [1.165, 1.54) is 6.07 Å². The molecule has 28 heavy (non-hydrogen) atoms. The first-order chi connectivity index (χ1) is 13.0. The maximum Gasteiger partial charge on any atom is 0.416 e. The highest BCUT2D eigenvalue weighted by molar-refractivity contribution is 7.92. The summed E-state index contributed by atoms with van der Waals surface area (Å²) in [7, 11) is -3.31. The van der Waals surface area contributed by atoms with Gasteiger partial charge in [0.2, 0.25) is 5.91 Å². The number of amides is 1. The highest BCUT2D eigenvalue weighted by Crippen LogP contribution is 2.32. The quantitative estimate of drug-likeness (QED) is 0.667. The van der Waals surface area contributed by atoms with Crippen molar-refractivity contribution in [3.63, 3.8) is 0 Å². The van der Waals surface area contributed by atoms with Crippen molar-refractivity contribution in [2.24, 2.45) is 5.92 Å². The maximum absolute atomic E-state index is 13.0. The lowest BCUT2D eigenvalue weighted by Crippen LogP contribution is -2.32. The van der Waals surface area contributed by atoms with Crippen molar-refractivity contribution in [2.75, 3.05) is 5.75 Å². The Morgan fingerprint density at radius 2 is 1.86 bits per heavy atom. The standard InChI is InChI=1S/C20H28F3NO3S/c1-14(2)12-18(15-6-5-7-16(13-15)20(21,22)23)24-19(25)10-11-28(26,27)17-8-3-4-9-17/h5-7,13-14,17-18H,3-4,8-12H2,1-2H3,(H,24,25)/t18-/m0/s1. The van der Waals surface area contributed by atoms with Crippen LogP contribution < -0.4 is 5.32 Å². The number of carbonyl (C=O) groups is 1. The minimum absolute atomic E-state index is 0.141. The Bertz CT molecular complexity index is 769. The molecule has 1 aromatic rings. The van der Waals surface area contributed by atoms with Crippen molar-refractivity contribution in [2.45, 2.75) is 69.8 Å². The largest absolute Gasteiger partial charge is 0.416 e. The summed E-state index contributed by atoms with van der Waals surface area (Å²) in [5, 5.41) is 2.37. The predicted molar refractivity (Wildman–Crippen MR) is 102 cm³/mol. The summed E-state index contributed by atoms with van der Waals surface area (Å²) in [6, 6.07) is 4.32. The van der Waals surface area contributed by atoms with Crippen LogP contribution in [0.1, 0.15) is 69.5 Å². The van der Waals surface area contributed by atoms with Crippen molar-refractivity contribution in [1.82, 2.24) is 5.32 Å². The van der Waals surface area contributed by atoms with E-state index in [0.717, 1.165) is 25.0 Å². The van der Waals surface area contributed by atoms with E-state index < -0.39 is 33.5 Å². The van der Waals surface area contributed by atoms with Gasteiger partial charge in [-0.05, 0) is 42.9 Å². The lowest BCUT2D eigenvalue weighted by Gasteiger charge is -2.22. The van der Waals surface area contributed by atoms with Crippen LogP contribution in [0.4, 0.5) is 13.2 Å². The SMILES string of the molecule is CC(C)C[C@H](NC(=O)CCS(=O)(=O)C1CCCC1)c1cccc(C(F)(F)F)c1. The molecular formula is C20H28F3NO3S. The molecule has 1 saturated carbocycles. The van der Waals surface area contributed by atoms with Crippen molar-refractivity contribution in [3.05, 3.63) is 35.4 Å². The zero-order valence-electron chi connectivity index (χ0n) is 16.3. The summed E-state index contributed by atoms with van der Waals surface area (Å²) in [4.78, 5) is 12.4. The molecule has 0 unspecified atom stereocenters. The monoisotopic (exact) mass is 419 g/mol. The Morgan fingerprint density at radius 3 is 2.43 bits per heavy atom. The molecule has 2 rings (SSSR count). The Hall–Kier alpha value is -1.57. The Labute approximate surface area is 164 Å². The van der Waals surface area contributed by atoms with Crippen LogP contribution in [0.25, 0.3) is 0 Å². The summed E-state index contributed by atoms with van der Waals surface area (Å²) >= 11 is 0. The third-order valence-corrected chi connectivity index (χ3v) is 7.34. The Morgan fingerprint density at radius 1 is 1.21 bits per heavy atom. The van der Waals surface area contributed by atoms with Crippen LogP contribution in [0.2, 0.25) is 0 Å². The molecule has 0 spiro atoms. The van der Waals surface area contributed by atoms with Crippen LogP contribution in [0, 0.1) is 5.92 Å². The molecule has 1 atom stereocenters. The molecule has 1 amide bonds. The average Bonchev–Trinajstić information content (AvgIpc) is 3.14. The number of rotatable bonds is 8. The van der Waals surface area contributed by atoms with Gasteiger partial charge in [0.05, 0.1) is 22.6 Å². The molecule has 4 nitrogen and oxygen atoms in total. The Kier molecular flexibility index (Phi) is 7.53. The smallest absolute Gasteiger partial charge is 0.349 e. The second-order valence-electron chi connectivity index (χ2n) is 7.90. The molecule has 0 saturated heterocycles. The third-order valence-electron chi connectivity index (χ3n) is 5.08. The molecule has 0 radical (unpaired) electrons. The molecule has 1 aliphatic carbocycles. The molecule has 0 bridgehead atoms. The minimum atomic E-state index is -4.46.